The molecular weight excluding hydrogens is 424 g/mol. The van der Waals surface area contributed by atoms with Crippen LogP contribution in [0.2, 0.25) is 5.02 Å². The van der Waals surface area contributed by atoms with Crippen molar-refractivity contribution in [2.24, 2.45) is 0 Å². The number of nitro groups is 1. The van der Waals surface area contributed by atoms with Crippen LogP contribution in [0.3, 0.4) is 0 Å². The Labute approximate surface area is 183 Å². The number of nitrogens with zero attached hydrogens (tertiary/aromatic N) is 5. The van der Waals surface area contributed by atoms with Gasteiger partial charge in [-0.3, -0.25) is 19.6 Å². The van der Waals surface area contributed by atoms with Gasteiger partial charge in [0, 0.05) is 17.8 Å². The van der Waals surface area contributed by atoms with Crippen LogP contribution in [-0.2, 0) is 13.3 Å². The van der Waals surface area contributed by atoms with Crippen LogP contribution in [-0.4, -0.2) is 36.9 Å². The summed E-state index contributed by atoms with van der Waals surface area (Å²) in [6, 6.07) is 5.27. The molecule has 0 aliphatic rings. The molecule has 0 aliphatic heterocycles. The standard InChI is InChI=1S/C20H23ClN6O4/c1-12-9-16(10-13(2)18(12)21)31-11-25-7-5-17(24-25)20(28)22-6-8-26-15(4)19(27(29)30)14(3)23-26/h5,7,9-10H,6,8,11H2,1-4H3,(H,22,28). The summed E-state index contributed by atoms with van der Waals surface area (Å²) in [4.78, 5) is 23.0. The summed E-state index contributed by atoms with van der Waals surface area (Å²) >= 11 is 6.16. The molecule has 31 heavy (non-hydrogen) atoms. The third kappa shape index (κ3) is 5.02. The van der Waals surface area contributed by atoms with Crippen LogP contribution < -0.4 is 10.1 Å². The van der Waals surface area contributed by atoms with Crippen LogP contribution in [0.15, 0.2) is 24.4 Å². The Morgan fingerprint density at radius 3 is 2.52 bits per heavy atom. The van der Waals surface area contributed by atoms with Gasteiger partial charge in [-0.25, -0.2) is 4.68 Å². The molecule has 0 spiro atoms. The van der Waals surface area contributed by atoms with Crippen molar-refractivity contribution >= 4 is 23.2 Å². The van der Waals surface area contributed by atoms with E-state index in [1.165, 1.54) is 9.36 Å². The second-order valence-corrected chi connectivity index (χ2v) is 7.52. The van der Waals surface area contributed by atoms with Crippen molar-refractivity contribution < 1.29 is 14.5 Å². The van der Waals surface area contributed by atoms with Crippen LogP contribution in [0.5, 0.6) is 5.75 Å². The molecule has 1 N–H and O–H groups in total. The molecule has 0 saturated heterocycles. The number of ether oxygens (including phenoxy) is 1. The normalized spacial score (nSPS) is 10.9. The molecule has 2 aromatic heterocycles. The van der Waals surface area contributed by atoms with Crippen LogP contribution >= 0.6 is 11.6 Å². The van der Waals surface area contributed by atoms with E-state index < -0.39 is 4.92 Å². The summed E-state index contributed by atoms with van der Waals surface area (Å²) < 4.78 is 8.75. The number of amides is 1. The molecule has 1 amide bonds. The van der Waals surface area contributed by atoms with Gasteiger partial charge in [-0.05, 0) is 57.0 Å². The fourth-order valence-corrected chi connectivity index (χ4v) is 3.33. The third-order valence-corrected chi connectivity index (χ3v) is 5.38. The maximum atomic E-state index is 12.3. The maximum Gasteiger partial charge on any atom is 0.312 e. The summed E-state index contributed by atoms with van der Waals surface area (Å²) in [6.45, 7) is 7.73. The van der Waals surface area contributed by atoms with Crippen molar-refractivity contribution in [3.63, 3.8) is 0 Å². The number of halogens is 1. The molecule has 0 bridgehead atoms. The second kappa shape index (κ2) is 9.17. The lowest BCUT2D eigenvalue weighted by Gasteiger charge is -2.10. The van der Waals surface area contributed by atoms with E-state index in [0.29, 0.717) is 28.7 Å². The minimum absolute atomic E-state index is 0.00357. The zero-order chi connectivity index (χ0) is 22.7. The third-order valence-electron chi connectivity index (χ3n) is 4.78. The molecule has 3 rings (SSSR count). The number of nitrogens with one attached hydrogen (secondary N) is 1. The van der Waals surface area contributed by atoms with E-state index in [1.807, 2.05) is 26.0 Å². The Bertz CT molecular complexity index is 1110. The van der Waals surface area contributed by atoms with Crippen molar-refractivity contribution in [3.8, 4) is 5.75 Å². The van der Waals surface area contributed by atoms with Crippen LogP contribution in [0.25, 0.3) is 0 Å². The molecule has 0 atom stereocenters. The first-order valence-electron chi connectivity index (χ1n) is 9.57. The van der Waals surface area contributed by atoms with E-state index >= 15 is 0 Å². The van der Waals surface area contributed by atoms with Gasteiger partial charge < -0.3 is 10.1 Å². The molecule has 0 unspecified atom stereocenters. The highest BCUT2D eigenvalue weighted by molar-refractivity contribution is 6.32. The second-order valence-electron chi connectivity index (χ2n) is 7.14. The summed E-state index contributed by atoms with van der Waals surface area (Å²) in [5, 5.41) is 22.9. The van der Waals surface area contributed by atoms with Gasteiger partial charge in [0.05, 0.1) is 11.5 Å². The SMILES string of the molecule is Cc1cc(OCn2ccc(C(=O)NCCn3nc(C)c([N+](=O)[O-])c3C)n2)cc(C)c1Cl. The van der Waals surface area contributed by atoms with E-state index in [0.717, 1.165) is 11.1 Å². The maximum absolute atomic E-state index is 12.3. The number of carbonyl (C=O) groups excluding carboxylic acids is 1. The Morgan fingerprint density at radius 2 is 1.90 bits per heavy atom. The zero-order valence-electron chi connectivity index (χ0n) is 17.7. The topological polar surface area (TPSA) is 117 Å². The smallest absolute Gasteiger partial charge is 0.312 e. The van der Waals surface area contributed by atoms with E-state index in [9.17, 15) is 14.9 Å². The molecule has 11 heteroatoms. The number of rotatable bonds is 8. The van der Waals surface area contributed by atoms with Crippen LogP contribution in [0, 0.1) is 37.8 Å². The predicted molar refractivity (Wildman–Crippen MR) is 114 cm³/mol. The highest BCUT2D eigenvalue weighted by atomic mass is 35.5. The average molecular weight is 447 g/mol. The number of hydrogen-bond donors (Lipinski definition) is 1. The summed E-state index contributed by atoms with van der Waals surface area (Å²) in [5.74, 6) is 0.313. The van der Waals surface area contributed by atoms with E-state index in [2.05, 4.69) is 15.5 Å². The summed E-state index contributed by atoms with van der Waals surface area (Å²) in [5.41, 5.74) is 2.88. The van der Waals surface area contributed by atoms with Crippen molar-refractivity contribution in [2.45, 2.75) is 41.0 Å². The first-order chi connectivity index (χ1) is 14.7. The van der Waals surface area contributed by atoms with Crippen LogP contribution in [0.1, 0.15) is 33.0 Å². The van der Waals surface area contributed by atoms with Crippen molar-refractivity contribution in [3.05, 3.63) is 67.7 Å². The van der Waals surface area contributed by atoms with Crippen molar-refractivity contribution in [2.75, 3.05) is 6.54 Å². The average Bonchev–Trinajstić information content (AvgIpc) is 3.28. The predicted octanol–water partition coefficient (Wildman–Crippen LogP) is 3.34. The number of carbonyl (C=O) groups is 1. The fourth-order valence-electron chi connectivity index (χ4n) is 3.22. The Morgan fingerprint density at radius 1 is 1.23 bits per heavy atom. The van der Waals surface area contributed by atoms with Crippen LogP contribution in [0.4, 0.5) is 5.69 Å². The lowest BCUT2D eigenvalue weighted by atomic mass is 10.1. The Balaban J connectivity index is 1.54. The number of benzene rings is 1. The minimum Gasteiger partial charge on any atom is -0.471 e. The van der Waals surface area contributed by atoms with Gasteiger partial charge in [-0.15, -0.1) is 0 Å². The van der Waals surface area contributed by atoms with Gasteiger partial charge in [0.1, 0.15) is 22.8 Å². The van der Waals surface area contributed by atoms with Crippen molar-refractivity contribution in [1.82, 2.24) is 24.9 Å². The molecule has 1 aromatic carbocycles. The van der Waals surface area contributed by atoms with Crippen molar-refractivity contribution in [1.29, 1.82) is 0 Å². The Kier molecular flexibility index (Phi) is 6.59. The fraction of sp³-hybridized carbons (Fsp3) is 0.350. The van der Waals surface area contributed by atoms with Gasteiger partial charge >= 0.3 is 5.69 Å². The van der Waals surface area contributed by atoms with E-state index in [-0.39, 0.29) is 30.6 Å². The van der Waals surface area contributed by atoms with E-state index in [4.69, 9.17) is 16.3 Å². The molecule has 2 heterocycles. The van der Waals surface area contributed by atoms with Gasteiger partial charge in [-0.2, -0.15) is 10.2 Å². The number of aryl methyl sites for hydroxylation is 3. The molecule has 3 aromatic rings. The highest BCUT2D eigenvalue weighted by Crippen LogP contribution is 2.26. The first kappa shape index (κ1) is 22.3. The number of hydrogen-bond acceptors (Lipinski definition) is 6. The monoisotopic (exact) mass is 446 g/mol. The van der Waals surface area contributed by atoms with Gasteiger partial charge in [0.2, 0.25) is 0 Å². The molecule has 10 nitrogen and oxygen atoms in total. The molecule has 0 aliphatic carbocycles. The lowest BCUT2D eigenvalue weighted by Crippen LogP contribution is -2.28. The highest BCUT2D eigenvalue weighted by Gasteiger charge is 2.21. The lowest BCUT2D eigenvalue weighted by molar-refractivity contribution is -0.386. The number of aromatic nitrogens is 4. The van der Waals surface area contributed by atoms with E-state index in [1.54, 1.807) is 26.1 Å². The van der Waals surface area contributed by atoms with Gasteiger partial charge in [0.25, 0.3) is 5.91 Å². The first-order valence-corrected chi connectivity index (χ1v) is 9.94. The molecule has 0 radical (unpaired) electrons. The minimum atomic E-state index is -0.450. The quantitative estimate of drug-likeness (QED) is 0.419. The largest absolute Gasteiger partial charge is 0.471 e. The summed E-state index contributed by atoms with van der Waals surface area (Å²) in [6.07, 6.45) is 1.65. The molecule has 0 fully saturated rings. The molecule has 164 valence electrons. The summed E-state index contributed by atoms with van der Waals surface area (Å²) in [7, 11) is 0. The molecule has 0 saturated carbocycles. The van der Waals surface area contributed by atoms with Gasteiger partial charge in [-0.1, -0.05) is 11.6 Å². The Hall–Kier alpha value is -3.40. The zero-order valence-corrected chi connectivity index (χ0v) is 18.4. The molecular formula is C20H23ClN6O4. The van der Waals surface area contributed by atoms with Gasteiger partial charge in [0.15, 0.2) is 6.73 Å².